The minimum Gasteiger partial charge on any atom is -0.761 e. The number of benzene rings is 2. The van der Waals surface area contributed by atoms with Crippen LogP contribution in [-0.2, 0) is 11.2 Å². The third kappa shape index (κ3) is 3.70. The number of carbonyl (C=O) groups is 1. The molecule has 0 spiro atoms. The van der Waals surface area contributed by atoms with Gasteiger partial charge in [0, 0.05) is 28.7 Å². The first-order chi connectivity index (χ1) is 10.5. The highest BCUT2D eigenvalue weighted by molar-refractivity contribution is 5.74. The lowest BCUT2D eigenvalue weighted by molar-refractivity contribution is -0.385. The molecule has 2 rings (SSSR count). The fraction of sp³-hybridized carbons (Fsp3) is 0.0714. The highest BCUT2D eigenvalue weighted by atomic mass is 16.6. The summed E-state index contributed by atoms with van der Waals surface area (Å²) < 4.78 is 0. The number of aliphatic carboxylic acids is 1. The summed E-state index contributed by atoms with van der Waals surface area (Å²) in [6.45, 7) is 0. The predicted molar refractivity (Wildman–Crippen MR) is 81.2 cm³/mol. The van der Waals surface area contributed by atoms with Crippen LogP contribution in [-0.4, -0.2) is 16.0 Å². The molecule has 0 saturated heterocycles. The first kappa shape index (κ1) is 15.3. The van der Waals surface area contributed by atoms with Crippen molar-refractivity contribution in [1.29, 1.82) is 0 Å². The number of rotatable bonds is 6. The Morgan fingerprint density at radius 2 is 1.82 bits per heavy atom. The van der Waals surface area contributed by atoms with Crippen molar-refractivity contribution in [3.63, 3.8) is 0 Å². The van der Waals surface area contributed by atoms with Gasteiger partial charge in [0.25, 0.3) is 5.69 Å². The number of carboxylic acid groups (broad SMARTS) is 1. The average molecular weight is 302 g/mol. The normalized spacial score (nSPS) is 10.0. The second-order valence-electron chi connectivity index (χ2n) is 4.48. The lowest BCUT2D eigenvalue weighted by Crippen LogP contribution is -2.04. The molecule has 0 atom stereocenters. The van der Waals surface area contributed by atoms with Crippen LogP contribution in [0.2, 0.25) is 0 Å². The molecule has 3 N–H and O–H groups in total. The molecule has 0 saturated carbocycles. The Morgan fingerprint density at radius 3 is 2.45 bits per heavy atom. The molecule has 22 heavy (non-hydrogen) atoms. The summed E-state index contributed by atoms with van der Waals surface area (Å²) in [4.78, 5) is 21.1. The molecule has 0 amide bonds. The second kappa shape index (κ2) is 6.55. The van der Waals surface area contributed by atoms with E-state index in [4.69, 9.17) is 5.11 Å². The topological polar surface area (TPSA) is 128 Å². The molecule has 0 bridgehead atoms. The van der Waals surface area contributed by atoms with Crippen molar-refractivity contribution in [1.82, 2.24) is 0 Å². The van der Waals surface area contributed by atoms with Crippen molar-refractivity contribution in [3.8, 4) is 0 Å². The van der Waals surface area contributed by atoms with E-state index in [1.807, 2.05) is 0 Å². The molecular formula is C14H12N3O5-. The number of anilines is 3. The Hall–Kier alpha value is -3.13. The zero-order chi connectivity index (χ0) is 16.1. The number of carboxylic acids is 1. The highest BCUT2D eigenvalue weighted by Gasteiger charge is 2.16. The van der Waals surface area contributed by atoms with Gasteiger partial charge in [0.15, 0.2) is 0 Å². The molecule has 0 radical (unpaired) electrons. The highest BCUT2D eigenvalue weighted by Crippen LogP contribution is 2.26. The number of nitro benzene ring substituents is 1. The number of nitrogens with one attached hydrogen (secondary N) is 2. The third-order valence-electron chi connectivity index (χ3n) is 2.89. The smallest absolute Gasteiger partial charge is 0.308 e. The van der Waals surface area contributed by atoms with E-state index in [9.17, 15) is 20.1 Å². The first-order valence-corrected chi connectivity index (χ1v) is 6.24. The third-order valence-corrected chi connectivity index (χ3v) is 2.89. The molecule has 0 heterocycles. The Labute approximate surface area is 125 Å². The van der Waals surface area contributed by atoms with E-state index in [0.29, 0.717) is 17.1 Å². The molecule has 0 fully saturated rings. The fourth-order valence-electron chi connectivity index (χ4n) is 1.97. The van der Waals surface area contributed by atoms with Gasteiger partial charge in [-0.25, -0.2) is 0 Å². The first-order valence-electron chi connectivity index (χ1n) is 6.24. The summed E-state index contributed by atoms with van der Waals surface area (Å²) in [5, 5.41) is 33.3. The molecule has 8 heteroatoms. The quantitative estimate of drug-likeness (QED) is 0.552. The largest absolute Gasteiger partial charge is 0.761 e. The lowest BCUT2D eigenvalue weighted by Gasteiger charge is -2.12. The molecule has 2 aromatic rings. The van der Waals surface area contributed by atoms with Gasteiger partial charge in [0.2, 0.25) is 0 Å². The van der Waals surface area contributed by atoms with Gasteiger partial charge in [-0.05, 0) is 30.3 Å². The predicted octanol–water partition coefficient (Wildman–Crippen LogP) is 2.88. The fourth-order valence-corrected chi connectivity index (χ4v) is 1.97. The summed E-state index contributed by atoms with van der Waals surface area (Å²) in [6.07, 6.45) is -0.450. The molecule has 114 valence electrons. The molecule has 0 aliphatic carbocycles. The van der Waals surface area contributed by atoms with Crippen molar-refractivity contribution in [2.75, 3.05) is 10.8 Å². The number of hydrogen-bond donors (Lipinski definition) is 3. The van der Waals surface area contributed by atoms with Gasteiger partial charge in [-0.2, -0.15) is 0 Å². The summed E-state index contributed by atoms with van der Waals surface area (Å²) in [7, 11) is 0. The molecule has 0 aliphatic heterocycles. The van der Waals surface area contributed by atoms with Crippen LogP contribution < -0.4 is 10.8 Å². The van der Waals surface area contributed by atoms with E-state index in [1.54, 1.807) is 29.7 Å². The SMILES string of the molecule is O=C(O)Cc1cc(Nc2cccc(N[O-])c2)ccc1[N+](=O)[O-]. The van der Waals surface area contributed by atoms with E-state index < -0.39 is 17.3 Å². The van der Waals surface area contributed by atoms with E-state index >= 15 is 0 Å². The van der Waals surface area contributed by atoms with Gasteiger partial charge in [0.1, 0.15) is 0 Å². The van der Waals surface area contributed by atoms with Crippen LogP contribution >= 0.6 is 0 Å². The summed E-state index contributed by atoms with van der Waals surface area (Å²) in [5.41, 5.74) is 3.05. The van der Waals surface area contributed by atoms with Gasteiger partial charge in [-0.3, -0.25) is 14.9 Å². The van der Waals surface area contributed by atoms with Gasteiger partial charge in [0.05, 0.1) is 11.3 Å². The van der Waals surface area contributed by atoms with Gasteiger partial charge in [-0.1, -0.05) is 6.07 Å². The maximum absolute atomic E-state index is 10.9. The number of hydrogen-bond acceptors (Lipinski definition) is 6. The zero-order valence-corrected chi connectivity index (χ0v) is 11.3. The minimum absolute atomic E-state index is 0.0978. The zero-order valence-electron chi connectivity index (χ0n) is 11.3. The van der Waals surface area contributed by atoms with E-state index in [-0.39, 0.29) is 11.3 Å². The van der Waals surface area contributed by atoms with Crippen LogP contribution in [0.3, 0.4) is 0 Å². The Balaban J connectivity index is 2.31. The van der Waals surface area contributed by atoms with Gasteiger partial charge < -0.3 is 21.1 Å². The van der Waals surface area contributed by atoms with Gasteiger partial charge in [-0.15, -0.1) is 0 Å². The Kier molecular flexibility index (Phi) is 4.54. The molecule has 0 aromatic heterocycles. The van der Waals surface area contributed by atoms with Crippen molar-refractivity contribution in [3.05, 3.63) is 63.3 Å². The number of nitrogens with zero attached hydrogens (tertiary/aromatic N) is 1. The van der Waals surface area contributed by atoms with Crippen molar-refractivity contribution in [2.24, 2.45) is 0 Å². The lowest BCUT2D eigenvalue weighted by atomic mass is 10.1. The van der Waals surface area contributed by atoms with Crippen LogP contribution in [0.4, 0.5) is 22.7 Å². The minimum atomic E-state index is -1.15. The standard InChI is InChI=1S/C14H12N3O5/c18-14(19)7-9-6-11(4-5-13(9)17(21)22)15-10-2-1-3-12(8-10)16-20/h1-6,8,15-16H,7H2,(H,18,19)/q-1. The van der Waals surface area contributed by atoms with Crippen LogP contribution in [0.5, 0.6) is 0 Å². The molecule has 0 aliphatic rings. The van der Waals surface area contributed by atoms with Crippen LogP contribution in [0.15, 0.2) is 42.5 Å². The van der Waals surface area contributed by atoms with Crippen LogP contribution in [0.1, 0.15) is 5.56 Å². The second-order valence-corrected chi connectivity index (χ2v) is 4.48. The van der Waals surface area contributed by atoms with E-state index in [0.717, 1.165) is 0 Å². The molecule has 2 aromatic carbocycles. The van der Waals surface area contributed by atoms with Crippen molar-refractivity contribution >= 4 is 28.7 Å². The van der Waals surface area contributed by atoms with Crippen molar-refractivity contribution in [2.45, 2.75) is 6.42 Å². The molecule has 0 unspecified atom stereocenters. The van der Waals surface area contributed by atoms with Crippen molar-refractivity contribution < 1.29 is 14.8 Å². The maximum atomic E-state index is 10.9. The number of nitro groups is 1. The van der Waals surface area contributed by atoms with E-state index in [2.05, 4.69) is 5.32 Å². The van der Waals surface area contributed by atoms with Gasteiger partial charge >= 0.3 is 5.97 Å². The molecular weight excluding hydrogens is 290 g/mol. The summed E-state index contributed by atoms with van der Waals surface area (Å²) in [5.74, 6) is -1.15. The summed E-state index contributed by atoms with van der Waals surface area (Å²) >= 11 is 0. The maximum Gasteiger partial charge on any atom is 0.308 e. The monoisotopic (exact) mass is 302 g/mol. The van der Waals surface area contributed by atoms with Crippen LogP contribution in [0.25, 0.3) is 0 Å². The van der Waals surface area contributed by atoms with E-state index in [1.165, 1.54) is 18.2 Å². The average Bonchev–Trinajstić information content (AvgIpc) is 2.46. The molecule has 8 nitrogen and oxygen atoms in total. The Morgan fingerprint density at radius 1 is 1.14 bits per heavy atom. The van der Waals surface area contributed by atoms with Crippen LogP contribution in [0, 0.1) is 15.3 Å². The Bertz CT molecular complexity index is 717. The summed E-state index contributed by atoms with van der Waals surface area (Å²) in [6, 6.07) is 10.6.